The molecule has 0 unspecified atom stereocenters. The summed E-state index contributed by atoms with van der Waals surface area (Å²) in [6.45, 7) is 0. The van der Waals surface area contributed by atoms with E-state index in [4.69, 9.17) is 11.6 Å². The van der Waals surface area contributed by atoms with Crippen molar-refractivity contribution in [1.29, 1.82) is 0 Å². The zero-order valence-corrected chi connectivity index (χ0v) is 9.91. The summed E-state index contributed by atoms with van der Waals surface area (Å²) in [5.41, 5.74) is 1.70. The van der Waals surface area contributed by atoms with E-state index in [0.717, 1.165) is 11.0 Å². The second-order valence-corrected chi connectivity index (χ2v) is 4.29. The van der Waals surface area contributed by atoms with E-state index < -0.39 is 5.82 Å². The molecule has 1 heterocycles. The number of nitrogens with one attached hydrogen (secondary N) is 1. The summed E-state index contributed by atoms with van der Waals surface area (Å²) < 4.78 is 14.6. The third-order valence-corrected chi connectivity index (χ3v) is 3.04. The van der Waals surface area contributed by atoms with Crippen molar-refractivity contribution in [2.24, 2.45) is 0 Å². The number of aromatic nitrogens is 2. The van der Waals surface area contributed by atoms with E-state index in [1.165, 1.54) is 22.8 Å². The number of nitrogens with zero attached hydrogens (tertiary/aromatic N) is 1. The number of imidazole rings is 1. The third kappa shape index (κ3) is 1.62. The van der Waals surface area contributed by atoms with Crippen LogP contribution in [0.2, 0.25) is 5.02 Å². The van der Waals surface area contributed by atoms with Crippen LogP contribution in [0.3, 0.4) is 0 Å². The molecule has 1 aromatic heterocycles. The summed E-state index contributed by atoms with van der Waals surface area (Å²) in [5.74, 6) is -0.506. The minimum Gasteiger partial charge on any atom is -0.305 e. The summed E-state index contributed by atoms with van der Waals surface area (Å²) in [7, 11) is 0. The highest BCUT2D eigenvalue weighted by Gasteiger charge is 2.09. The number of halogens is 2. The summed E-state index contributed by atoms with van der Waals surface area (Å²) in [4.78, 5) is 14.6. The van der Waals surface area contributed by atoms with Gasteiger partial charge in [0.05, 0.1) is 21.7 Å². The maximum Gasteiger partial charge on any atom is 0.331 e. The molecule has 0 radical (unpaired) electrons. The van der Waals surface area contributed by atoms with Crippen molar-refractivity contribution < 1.29 is 4.39 Å². The molecule has 0 bridgehead atoms. The highest BCUT2D eigenvalue weighted by Crippen LogP contribution is 2.20. The van der Waals surface area contributed by atoms with Gasteiger partial charge in [-0.25, -0.2) is 9.18 Å². The largest absolute Gasteiger partial charge is 0.331 e. The maximum atomic E-state index is 13.1. The zero-order chi connectivity index (χ0) is 12.7. The second-order valence-electron chi connectivity index (χ2n) is 3.88. The summed E-state index contributed by atoms with van der Waals surface area (Å²) in [6, 6.07) is 11.5. The molecule has 5 heteroatoms. The van der Waals surface area contributed by atoms with E-state index in [1.807, 2.05) is 18.2 Å². The molecule has 90 valence electrons. The molecule has 0 spiro atoms. The van der Waals surface area contributed by atoms with Gasteiger partial charge in [0.1, 0.15) is 5.82 Å². The average molecular weight is 263 g/mol. The first kappa shape index (κ1) is 11.0. The van der Waals surface area contributed by atoms with Crippen LogP contribution in [0, 0.1) is 5.82 Å². The lowest BCUT2D eigenvalue weighted by molar-refractivity contribution is 0.628. The summed E-state index contributed by atoms with van der Waals surface area (Å²) in [5, 5.41) is -0.00955. The standard InChI is InChI=1S/C13H8ClFN2O/c14-9-7-8(5-6-10(9)15)17-12-4-2-1-3-11(12)16-13(17)18/h1-7H,(H,16,18). The van der Waals surface area contributed by atoms with E-state index in [-0.39, 0.29) is 10.7 Å². The topological polar surface area (TPSA) is 37.8 Å². The van der Waals surface area contributed by atoms with Gasteiger partial charge < -0.3 is 4.98 Å². The quantitative estimate of drug-likeness (QED) is 0.719. The molecule has 0 saturated heterocycles. The summed E-state index contributed by atoms with van der Waals surface area (Å²) >= 11 is 5.73. The van der Waals surface area contributed by atoms with E-state index >= 15 is 0 Å². The minimum absolute atomic E-state index is 0.00955. The normalized spacial score (nSPS) is 11.0. The van der Waals surface area contributed by atoms with Gasteiger partial charge in [-0.1, -0.05) is 23.7 Å². The Kier molecular flexibility index (Phi) is 2.45. The Balaban J connectivity index is 2.34. The molecule has 0 aliphatic heterocycles. The Morgan fingerprint density at radius 2 is 1.94 bits per heavy atom. The molecule has 2 aromatic carbocycles. The molecular formula is C13H8ClFN2O. The Bertz CT molecular complexity index is 791. The number of H-pyrrole nitrogens is 1. The SMILES string of the molecule is O=c1[nH]c2ccccc2n1-c1ccc(F)c(Cl)c1. The number of benzene rings is 2. The van der Waals surface area contributed by atoms with Crippen LogP contribution in [-0.4, -0.2) is 9.55 Å². The van der Waals surface area contributed by atoms with Gasteiger partial charge in [0.15, 0.2) is 0 Å². The first-order valence-electron chi connectivity index (χ1n) is 5.32. The van der Waals surface area contributed by atoms with Crippen LogP contribution in [0.5, 0.6) is 0 Å². The fourth-order valence-electron chi connectivity index (χ4n) is 1.94. The predicted octanol–water partition coefficient (Wildman–Crippen LogP) is 3.11. The van der Waals surface area contributed by atoms with Crippen molar-refractivity contribution in [2.75, 3.05) is 0 Å². The molecule has 0 saturated carbocycles. The molecule has 0 atom stereocenters. The van der Waals surface area contributed by atoms with Gasteiger partial charge in [-0.05, 0) is 30.3 Å². The van der Waals surface area contributed by atoms with Gasteiger partial charge in [-0.2, -0.15) is 0 Å². The first-order chi connectivity index (χ1) is 8.66. The highest BCUT2D eigenvalue weighted by molar-refractivity contribution is 6.30. The van der Waals surface area contributed by atoms with Gasteiger partial charge in [-0.3, -0.25) is 4.57 Å². The second kappa shape index (κ2) is 3.99. The van der Waals surface area contributed by atoms with Gasteiger partial charge in [0.25, 0.3) is 0 Å². The van der Waals surface area contributed by atoms with Gasteiger partial charge in [0, 0.05) is 0 Å². The Morgan fingerprint density at radius 1 is 1.17 bits per heavy atom. The monoisotopic (exact) mass is 262 g/mol. The van der Waals surface area contributed by atoms with Crippen LogP contribution in [0.25, 0.3) is 16.7 Å². The number of rotatable bonds is 1. The summed E-state index contributed by atoms with van der Waals surface area (Å²) in [6.07, 6.45) is 0. The molecule has 3 rings (SSSR count). The molecule has 0 aliphatic rings. The maximum absolute atomic E-state index is 13.1. The van der Waals surface area contributed by atoms with Crippen molar-refractivity contribution in [2.45, 2.75) is 0 Å². The lowest BCUT2D eigenvalue weighted by Crippen LogP contribution is -2.14. The van der Waals surface area contributed by atoms with Crippen molar-refractivity contribution in [3.8, 4) is 5.69 Å². The molecule has 18 heavy (non-hydrogen) atoms. The van der Waals surface area contributed by atoms with Gasteiger partial charge in [0.2, 0.25) is 0 Å². The molecule has 1 N–H and O–H groups in total. The zero-order valence-electron chi connectivity index (χ0n) is 9.15. The highest BCUT2D eigenvalue weighted by atomic mass is 35.5. The van der Waals surface area contributed by atoms with E-state index in [9.17, 15) is 9.18 Å². The molecule has 3 aromatic rings. The lowest BCUT2D eigenvalue weighted by Gasteiger charge is -2.04. The Hall–Kier alpha value is -2.07. The lowest BCUT2D eigenvalue weighted by atomic mass is 10.2. The number of hydrogen-bond acceptors (Lipinski definition) is 1. The molecule has 3 nitrogen and oxygen atoms in total. The third-order valence-electron chi connectivity index (χ3n) is 2.75. The van der Waals surface area contributed by atoms with Crippen LogP contribution in [0.4, 0.5) is 4.39 Å². The first-order valence-corrected chi connectivity index (χ1v) is 5.70. The molecule has 0 fully saturated rings. The van der Waals surface area contributed by atoms with Crippen molar-refractivity contribution in [1.82, 2.24) is 9.55 Å². The van der Waals surface area contributed by atoms with Crippen LogP contribution < -0.4 is 5.69 Å². The molecule has 0 amide bonds. The van der Waals surface area contributed by atoms with Crippen LogP contribution >= 0.6 is 11.6 Å². The Morgan fingerprint density at radius 3 is 2.72 bits per heavy atom. The number of hydrogen-bond donors (Lipinski definition) is 1. The van der Waals surface area contributed by atoms with Crippen LogP contribution in [-0.2, 0) is 0 Å². The fourth-order valence-corrected chi connectivity index (χ4v) is 2.11. The van der Waals surface area contributed by atoms with Gasteiger partial charge >= 0.3 is 5.69 Å². The number of aromatic amines is 1. The molecule has 0 aliphatic carbocycles. The van der Waals surface area contributed by atoms with Crippen molar-refractivity contribution in [3.05, 3.63) is 63.8 Å². The fraction of sp³-hybridized carbons (Fsp3) is 0. The number of para-hydroxylation sites is 2. The predicted molar refractivity (Wildman–Crippen MR) is 68.9 cm³/mol. The van der Waals surface area contributed by atoms with Crippen molar-refractivity contribution in [3.63, 3.8) is 0 Å². The smallest absolute Gasteiger partial charge is 0.305 e. The Labute approximate surface area is 106 Å². The van der Waals surface area contributed by atoms with Gasteiger partial charge in [-0.15, -0.1) is 0 Å². The van der Waals surface area contributed by atoms with E-state index in [2.05, 4.69) is 4.98 Å². The van der Waals surface area contributed by atoms with Crippen molar-refractivity contribution >= 4 is 22.6 Å². The molecular weight excluding hydrogens is 255 g/mol. The van der Waals surface area contributed by atoms with Crippen LogP contribution in [0.1, 0.15) is 0 Å². The minimum atomic E-state index is -0.506. The number of fused-ring (bicyclic) bond motifs is 1. The van der Waals surface area contributed by atoms with E-state index in [0.29, 0.717) is 5.69 Å². The van der Waals surface area contributed by atoms with E-state index in [1.54, 1.807) is 6.07 Å². The van der Waals surface area contributed by atoms with Crippen LogP contribution in [0.15, 0.2) is 47.3 Å². The average Bonchev–Trinajstić information content (AvgIpc) is 2.69.